The second kappa shape index (κ2) is 7.46. The molecule has 5 heteroatoms. The van der Waals surface area contributed by atoms with E-state index in [2.05, 4.69) is 0 Å². The highest BCUT2D eigenvalue weighted by molar-refractivity contribution is 7.53. The minimum Gasteiger partial charge on any atom is -0.424 e. The highest BCUT2D eigenvalue weighted by Gasteiger charge is 2.39. The van der Waals surface area contributed by atoms with Crippen LogP contribution in [0.1, 0.15) is 40.2 Å². The first-order chi connectivity index (χ1) is 8.82. The van der Waals surface area contributed by atoms with Crippen molar-refractivity contribution in [2.24, 2.45) is 0 Å². The zero-order chi connectivity index (χ0) is 15.1. The molecule has 0 N–H and O–H groups in total. The number of fused-ring (bicyclic) bond motifs is 1. The Morgan fingerprint density at radius 1 is 1.21 bits per heavy atom. The smallest absolute Gasteiger partial charge is 0.376 e. The number of rotatable bonds is 0. The van der Waals surface area contributed by atoms with Crippen LogP contribution in [0.25, 0.3) is 0 Å². The van der Waals surface area contributed by atoms with E-state index < -0.39 is 13.2 Å². The van der Waals surface area contributed by atoms with Crippen molar-refractivity contribution in [3.05, 3.63) is 29.8 Å². The van der Waals surface area contributed by atoms with Crippen molar-refractivity contribution in [2.75, 3.05) is 6.66 Å². The lowest BCUT2D eigenvalue weighted by Crippen LogP contribution is -2.26. The standard InChI is InChI=1S/C10H13O3P.C2H4O.C2H6/c1-10(2)8-6-4-5-7-9(8)12-14(3,11)13-10;1-2-3;1-2/h4-7H,1-3H3;2H,1H3;1-2H3. The van der Waals surface area contributed by atoms with Crippen LogP contribution in [0.3, 0.4) is 0 Å². The van der Waals surface area contributed by atoms with Gasteiger partial charge in [0, 0.05) is 12.2 Å². The van der Waals surface area contributed by atoms with Gasteiger partial charge in [-0.1, -0.05) is 32.0 Å². The van der Waals surface area contributed by atoms with Crippen LogP contribution >= 0.6 is 7.60 Å². The summed E-state index contributed by atoms with van der Waals surface area (Å²) < 4.78 is 22.5. The fraction of sp³-hybridized carbons (Fsp3) is 0.500. The molecule has 2 rings (SSSR count). The van der Waals surface area contributed by atoms with E-state index in [-0.39, 0.29) is 0 Å². The third kappa shape index (κ3) is 5.17. The topological polar surface area (TPSA) is 52.6 Å². The molecule has 4 nitrogen and oxygen atoms in total. The van der Waals surface area contributed by atoms with Crippen molar-refractivity contribution in [1.29, 1.82) is 0 Å². The molecular weight excluding hydrogens is 263 g/mol. The lowest BCUT2D eigenvalue weighted by atomic mass is 9.98. The molecule has 1 atom stereocenters. The second-order valence-electron chi connectivity index (χ2n) is 4.20. The average molecular weight is 286 g/mol. The molecular formula is C14H23O4P. The summed E-state index contributed by atoms with van der Waals surface area (Å²) in [7, 11) is -2.94. The van der Waals surface area contributed by atoms with E-state index in [0.29, 0.717) is 5.75 Å². The van der Waals surface area contributed by atoms with Crippen LogP contribution in [0.15, 0.2) is 24.3 Å². The zero-order valence-corrected chi connectivity index (χ0v) is 13.4. The van der Waals surface area contributed by atoms with Gasteiger partial charge >= 0.3 is 7.60 Å². The first kappa shape index (κ1) is 17.9. The molecule has 1 aliphatic rings. The van der Waals surface area contributed by atoms with E-state index in [1.807, 2.05) is 52.0 Å². The summed E-state index contributed by atoms with van der Waals surface area (Å²) in [4.78, 5) is 8.81. The summed E-state index contributed by atoms with van der Waals surface area (Å²) >= 11 is 0. The number of aldehydes is 1. The third-order valence-corrected chi connectivity index (χ3v) is 3.51. The van der Waals surface area contributed by atoms with E-state index >= 15 is 0 Å². The highest BCUT2D eigenvalue weighted by Crippen LogP contribution is 2.56. The van der Waals surface area contributed by atoms with Crippen LogP contribution in [0, 0.1) is 0 Å². The molecule has 0 amide bonds. The Bertz CT molecular complexity index is 455. The number of carbonyl (C=O) groups excluding carboxylic acids is 1. The molecule has 1 aliphatic heterocycles. The number of hydrogen-bond donors (Lipinski definition) is 0. The van der Waals surface area contributed by atoms with Gasteiger partial charge < -0.3 is 9.32 Å². The molecule has 0 bridgehead atoms. The summed E-state index contributed by atoms with van der Waals surface area (Å²) in [6.45, 7) is 10.7. The number of carbonyl (C=O) groups is 1. The Balaban J connectivity index is 0.000000573. The third-order valence-electron chi connectivity index (χ3n) is 2.19. The first-order valence-electron chi connectivity index (χ1n) is 6.29. The van der Waals surface area contributed by atoms with Crippen molar-refractivity contribution in [2.45, 2.75) is 40.2 Å². The van der Waals surface area contributed by atoms with Crippen molar-refractivity contribution < 1.29 is 18.4 Å². The fourth-order valence-corrected chi connectivity index (χ4v) is 3.19. The highest BCUT2D eigenvalue weighted by atomic mass is 31.2. The molecule has 0 fully saturated rings. The van der Waals surface area contributed by atoms with Crippen molar-refractivity contribution >= 4 is 13.9 Å². The van der Waals surface area contributed by atoms with Crippen LogP contribution in [0.2, 0.25) is 0 Å². The molecule has 0 saturated heterocycles. The molecule has 0 saturated carbocycles. The molecule has 0 aromatic heterocycles. The molecule has 1 aromatic carbocycles. The zero-order valence-electron chi connectivity index (χ0n) is 12.5. The number of para-hydroxylation sites is 1. The Morgan fingerprint density at radius 2 is 1.68 bits per heavy atom. The van der Waals surface area contributed by atoms with Gasteiger partial charge in [-0.2, -0.15) is 0 Å². The maximum absolute atomic E-state index is 11.8. The van der Waals surface area contributed by atoms with Gasteiger partial charge in [-0.15, -0.1) is 0 Å². The van der Waals surface area contributed by atoms with Gasteiger partial charge in [0.15, 0.2) is 0 Å². The molecule has 1 unspecified atom stereocenters. The van der Waals surface area contributed by atoms with Crippen molar-refractivity contribution in [1.82, 2.24) is 0 Å². The SMILES string of the molecule is CC.CC1(C)OP(C)(=O)Oc2ccccc21.CC=O. The Kier molecular flexibility index (Phi) is 7.02. The van der Waals surface area contributed by atoms with Crippen LogP contribution in [0.4, 0.5) is 0 Å². The van der Waals surface area contributed by atoms with Gasteiger partial charge in [-0.3, -0.25) is 4.52 Å². The second-order valence-corrected chi connectivity index (χ2v) is 6.10. The van der Waals surface area contributed by atoms with E-state index in [1.165, 1.54) is 13.6 Å². The van der Waals surface area contributed by atoms with Crippen molar-refractivity contribution in [3.63, 3.8) is 0 Å². The maximum Gasteiger partial charge on any atom is 0.376 e. The van der Waals surface area contributed by atoms with E-state index in [9.17, 15) is 4.57 Å². The fourth-order valence-electron chi connectivity index (χ4n) is 1.70. The van der Waals surface area contributed by atoms with Gasteiger partial charge in [0.2, 0.25) is 0 Å². The van der Waals surface area contributed by atoms with Crippen LogP contribution in [0.5, 0.6) is 5.75 Å². The van der Waals surface area contributed by atoms with Crippen LogP contribution in [-0.4, -0.2) is 13.0 Å². The largest absolute Gasteiger partial charge is 0.424 e. The normalized spacial score (nSPS) is 22.4. The van der Waals surface area contributed by atoms with Gasteiger partial charge in [0.05, 0.1) is 0 Å². The molecule has 108 valence electrons. The summed E-state index contributed by atoms with van der Waals surface area (Å²) in [5.74, 6) is 0.662. The molecule has 19 heavy (non-hydrogen) atoms. The molecule has 0 aliphatic carbocycles. The van der Waals surface area contributed by atoms with Gasteiger partial charge in [-0.25, -0.2) is 4.57 Å². The average Bonchev–Trinajstić information content (AvgIpc) is 2.30. The monoisotopic (exact) mass is 286 g/mol. The van der Waals surface area contributed by atoms with Crippen LogP contribution < -0.4 is 4.52 Å². The quantitative estimate of drug-likeness (QED) is 0.524. The summed E-state index contributed by atoms with van der Waals surface area (Å²) in [6.07, 6.45) is 0.750. The Labute approximate surface area is 115 Å². The van der Waals surface area contributed by atoms with Gasteiger partial charge in [0.1, 0.15) is 17.6 Å². The van der Waals surface area contributed by atoms with E-state index in [0.717, 1.165) is 11.8 Å². The van der Waals surface area contributed by atoms with Crippen LogP contribution in [-0.2, 0) is 19.5 Å². The molecule has 0 spiro atoms. The predicted octanol–water partition coefficient (Wildman–Crippen LogP) is 4.39. The summed E-state index contributed by atoms with van der Waals surface area (Å²) in [5, 5.41) is 0. The lowest BCUT2D eigenvalue weighted by molar-refractivity contribution is -0.106. The minimum atomic E-state index is -2.94. The summed E-state index contributed by atoms with van der Waals surface area (Å²) in [6, 6.07) is 7.52. The molecule has 1 aromatic rings. The first-order valence-corrected chi connectivity index (χ1v) is 8.28. The number of hydrogen-bond acceptors (Lipinski definition) is 4. The number of benzene rings is 1. The lowest BCUT2D eigenvalue weighted by Gasteiger charge is -2.35. The van der Waals surface area contributed by atoms with Gasteiger partial charge in [0.25, 0.3) is 0 Å². The van der Waals surface area contributed by atoms with E-state index in [4.69, 9.17) is 13.8 Å². The minimum absolute atomic E-state index is 0.543. The summed E-state index contributed by atoms with van der Waals surface area (Å²) in [5.41, 5.74) is 0.396. The molecule has 1 heterocycles. The Morgan fingerprint density at radius 3 is 2.21 bits per heavy atom. The maximum atomic E-state index is 11.8. The Hall–Kier alpha value is -1.12. The predicted molar refractivity (Wildman–Crippen MR) is 77.8 cm³/mol. The van der Waals surface area contributed by atoms with Crippen molar-refractivity contribution in [3.8, 4) is 5.75 Å². The molecule has 0 radical (unpaired) electrons. The van der Waals surface area contributed by atoms with E-state index in [1.54, 1.807) is 0 Å². The van der Waals surface area contributed by atoms with Gasteiger partial charge in [-0.05, 0) is 26.8 Å².